The largest absolute Gasteiger partial charge is 0.339 e. The van der Waals surface area contributed by atoms with E-state index in [1.807, 2.05) is 0 Å². The molecule has 1 fully saturated rings. The monoisotopic (exact) mass is 421 g/mol. The molecule has 0 atom stereocenters. The minimum Gasteiger partial charge on any atom is -0.339 e. The standard InChI is InChI=1S/C20H18Cl2FN3O2/c21-17-2-1-3-18(22)16(17)12-24-25-19(27)13-8-10-26(11-9-13)20(28)14-4-6-15(23)7-5-14/h1-7,12-13H,8-11H2,(H,25,27)/b24-12-. The fraction of sp³-hybridized carbons (Fsp3) is 0.250. The highest BCUT2D eigenvalue weighted by molar-refractivity contribution is 6.38. The summed E-state index contributed by atoms with van der Waals surface area (Å²) in [6.07, 6.45) is 2.47. The van der Waals surface area contributed by atoms with Crippen LogP contribution < -0.4 is 5.43 Å². The Kier molecular flexibility index (Phi) is 6.65. The Morgan fingerprint density at radius 2 is 1.68 bits per heavy atom. The summed E-state index contributed by atoms with van der Waals surface area (Å²) in [5, 5.41) is 4.82. The van der Waals surface area contributed by atoms with Crippen LogP contribution >= 0.6 is 23.2 Å². The number of hydrogen-bond acceptors (Lipinski definition) is 3. The number of hydrazone groups is 1. The lowest BCUT2D eigenvalue weighted by molar-refractivity contribution is -0.126. The second-order valence-corrected chi connectivity index (χ2v) is 7.26. The van der Waals surface area contributed by atoms with Gasteiger partial charge in [-0.1, -0.05) is 29.3 Å². The molecule has 1 aliphatic heterocycles. The molecule has 28 heavy (non-hydrogen) atoms. The molecule has 0 unspecified atom stereocenters. The van der Waals surface area contributed by atoms with E-state index in [-0.39, 0.29) is 23.5 Å². The summed E-state index contributed by atoms with van der Waals surface area (Å²) >= 11 is 12.1. The van der Waals surface area contributed by atoms with Gasteiger partial charge in [-0.15, -0.1) is 0 Å². The average molecular weight is 422 g/mol. The third kappa shape index (κ3) is 4.88. The number of nitrogens with one attached hydrogen (secondary N) is 1. The first kappa shape index (κ1) is 20.3. The van der Waals surface area contributed by atoms with Crippen molar-refractivity contribution in [1.29, 1.82) is 0 Å². The first-order valence-corrected chi connectivity index (χ1v) is 9.53. The van der Waals surface area contributed by atoms with E-state index in [2.05, 4.69) is 10.5 Å². The maximum atomic E-state index is 13.0. The molecule has 0 bridgehead atoms. The first-order chi connectivity index (χ1) is 13.5. The lowest BCUT2D eigenvalue weighted by Crippen LogP contribution is -2.42. The molecule has 0 radical (unpaired) electrons. The topological polar surface area (TPSA) is 61.8 Å². The fourth-order valence-corrected chi connectivity index (χ4v) is 3.50. The Morgan fingerprint density at radius 3 is 2.29 bits per heavy atom. The predicted octanol–water partition coefficient (Wildman–Crippen LogP) is 4.14. The maximum Gasteiger partial charge on any atom is 0.253 e. The van der Waals surface area contributed by atoms with Gasteiger partial charge in [0, 0.05) is 30.1 Å². The van der Waals surface area contributed by atoms with Crippen molar-refractivity contribution in [3.63, 3.8) is 0 Å². The lowest BCUT2D eigenvalue weighted by Gasteiger charge is -2.31. The van der Waals surface area contributed by atoms with Crippen molar-refractivity contribution in [2.45, 2.75) is 12.8 Å². The van der Waals surface area contributed by atoms with Gasteiger partial charge in [-0.05, 0) is 49.2 Å². The van der Waals surface area contributed by atoms with Crippen LogP contribution in [0.2, 0.25) is 10.0 Å². The normalized spacial score (nSPS) is 15.0. The number of piperidine rings is 1. The van der Waals surface area contributed by atoms with Gasteiger partial charge in [0.05, 0.1) is 16.3 Å². The average Bonchev–Trinajstić information content (AvgIpc) is 2.70. The van der Waals surface area contributed by atoms with Crippen molar-refractivity contribution in [2.75, 3.05) is 13.1 Å². The van der Waals surface area contributed by atoms with Crippen LogP contribution in [0.1, 0.15) is 28.8 Å². The van der Waals surface area contributed by atoms with Crippen molar-refractivity contribution in [1.82, 2.24) is 10.3 Å². The highest BCUT2D eigenvalue weighted by Gasteiger charge is 2.27. The number of benzene rings is 2. The van der Waals surface area contributed by atoms with E-state index in [0.717, 1.165) is 0 Å². The lowest BCUT2D eigenvalue weighted by atomic mass is 9.95. The van der Waals surface area contributed by atoms with Crippen LogP contribution in [0, 0.1) is 11.7 Å². The molecular formula is C20H18Cl2FN3O2. The van der Waals surface area contributed by atoms with Crippen molar-refractivity contribution in [2.24, 2.45) is 11.0 Å². The van der Waals surface area contributed by atoms with Crippen molar-refractivity contribution < 1.29 is 14.0 Å². The molecule has 8 heteroatoms. The summed E-state index contributed by atoms with van der Waals surface area (Å²) in [5.74, 6) is -1.000. The third-order valence-electron chi connectivity index (χ3n) is 4.61. The molecule has 0 spiro atoms. The molecule has 2 amide bonds. The molecule has 146 valence electrons. The Morgan fingerprint density at radius 1 is 1.07 bits per heavy atom. The highest BCUT2D eigenvalue weighted by Crippen LogP contribution is 2.22. The van der Waals surface area contributed by atoms with Crippen LogP contribution in [0.25, 0.3) is 0 Å². The van der Waals surface area contributed by atoms with Crippen LogP contribution in [0.5, 0.6) is 0 Å². The molecule has 1 N–H and O–H groups in total. The van der Waals surface area contributed by atoms with Gasteiger partial charge in [0.15, 0.2) is 0 Å². The van der Waals surface area contributed by atoms with Gasteiger partial charge in [-0.3, -0.25) is 9.59 Å². The van der Waals surface area contributed by atoms with E-state index in [1.54, 1.807) is 23.1 Å². The smallest absolute Gasteiger partial charge is 0.253 e. The zero-order valence-corrected chi connectivity index (χ0v) is 16.4. The minimum atomic E-state index is -0.384. The highest BCUT2D eigenvalue weighted by atomic mass is 35.5. The summed E-state index contributed by atoms with van der Waals surface area (Å²) < 4.78 is 13.0. The number of rotatable bonds is 4. The van der Waals surface area contributed by atoms with Crippen LogP contribution in [0.3, 0.4) is 0 Å². The molecule has 1 heterocycles. The number of nitrogens with zero attached hydrogens (tertiary/aromatic N) is 2. The summed E-state index contributed by atoms with van der Waals surface area (Å²) in [4.78, 5) is 26.4. The van der Waals surface area contributed by atoms with Gasteiger partial charge in [0.1, 0.15) is 5.82 Å². The van der Waals surface area contributed by atoms with E-state index in [0.29, 0.717) is 47.1 Å². The molecule has 1 aliphatic rings. The van der Waals surface area contributed by atoms with E-state index in [4.69, 9.17) is 23.2 Å². The van der Waals surface area contributed by atoms with Crippen LogP contribution in [-0.4, -0.2) is 36.0 Å². The molecule has 2 aromatic rings. The zero-order chi connectivity index (χ0) is 20.1. The van der Waals surface area contributed by atoms with Gasteiger partial charge in [0.2, 0.25) is 5.91 Å². The van der Waals surface area contributed by atoms with Crippen LogP contribution in [0.15, 0.2) is 47.6 Å². The number of halogens is 3. The van der Waals surface area contributed by atoms with Gasteiger partial charge < -0.3 is 4.90 Å². The zero-order valence-electron chi connectivity index (χ0n) is 14.9. The molecule has 0 saturated carbocycles. The minimum absolute atomic E-state index is 0.162. The van der Waals surface area contributed by atoms with Gasteiger partial charge in [0.25, 0.3) is 5.91 Å². The van der Waals surface area contributed by atoms with Crippen molar-refractivity contribution in [3.8, 4) is 0 Å². The maximum absolute atomic E-state index is 13.0. The van der Waals surface area contributed by atoms with E-state index in [1.165, 1.54) is 30.5 Å². The first-order valence-electron chi connectivity index (χ1n) is 8.77. The summed E-state index contributed by atoms with van der Waals surface area (Å²) in [5.41, 5.74) is 3.47. The number of carbonyl (C=O) groups excluding carboxylic acids is 2. The molecule has 3 rings (SSSR count). The molecule has 0 aromatic heterocycles. The number of likely N-dealkylation sites (tertiary alicyclic amines) is 1. The van der Waals surface area contributed by atoms with Crippen LogP contribution in [0.4, 0.5) is 4.39 Å². The second kappa shape index (κ2) is 9.17. The van der Waals surface area contributed by atoms with E-state index >= 15 is 0 Å². The van der Waals surface area contributed by atoms with Crippen molar-refractivity contribution >= 4 is 41.2 Å². The van der Waals surface area contributed by atoms with Gasteiger partial charge in [-0.25, -0.2) is 9.82 Å². The molecular weight excluding hydrogens is 404 g/mol. The summed E-state index contributed by atoms with van der Waals surface area (Å²) in [6, 6.07) is 10.5. The van der Waals surface area contributed by atoms with Crippen molar-refractivity contribution in [3.05, 3.63) is 69.5 Å². The van der Waals surface area contributed by atoms with Gasteiger partial charge in [-0.2, -0.15) is 5.10 Å². The quantitative estimate of drug-likeness (QED) is 0.595. The summed E-state index contributed by atoms with van der Waals surface area (Å²) in [6.45, 7) is 0.905. The van der Waals surface area contributed by atoms with Crippen LogP contribution in [-0.2, 0) is 4.79 Å². The summed E-state index contributed by atoms with van der Waals surface area (Å²) in [7, 11) is 0. The number of hydrogen-bond donors (Lipinski definition) is 1. The molecule has 0 aliphatic carbocycles. The molecule has 2 aromatic carbocycles. The number of carbonyl (C=O) groups is 2. The Labute approximate surface area is 172 Å². The fourth-order valence-electron chi connectivity index (χ4n) is 3.01. The van der Waals surface area contributed by atoms with Gasteiger partial charge >= 0.3 is 0 Å². The second-order valence-electron chi connectivity index (χ2n) is 6.44. The molecule has 5 nitrogen and oxygen atoms in total. The van der Waals surface area contributed by atoms with E-state index in [9.17, 15) is 14.0 Å². The molecule has 1 saturated heterocycles. The number of amides is 2. The van der Waals surface area contributed by atoms with E-state index < -0.39 is 0 Å². The third-order valence-corrected chi connectivity index (χ3v) is 5.27. The Hall–Kier alpha value is -2.44. The SMILES string of the molecule is O=C(N/N=C\c1c(Cl)cccc1Cl)C1CCN(C(=O)c2ccc(F)cc2)CC1. The predicted molar refractivity (Wildman–Crippen MR) is 107 cm³/mol. The Balaban J connectivity index is 1.52. The Bertz CT molecular complexity index is 875.